The maximum Gasteiger partial charge on any atom is 0.251 e. The summed E-state index contributed by atoms with van der Waals surface area (Å²) < 4.78 is 5.66. The molecule has 1 saturated heterocycles. The van der Waals surface area contributed by atoms with E-state index in [1.165, 1.54) is 0 Å². The van der Waals surface area contributed by atoms with Crippen molar-refractivity contribution in [1.29, 1.82) is 0 Å². The summed E-state index contributed by atoms with van der Waals surface area (Å²) in [5.41, 5.74) is 4.62. The molecule has 3 aromatic heterocycles. The zero-order valence-corrected chi connectivity index (χ0v) is 22.6. The Hall–Kier alpha value is -3.20. The van der Waals surface area contributed by atoms with Crippen LogP contribution in [-0.2, 0) is 11.3 Å². The first-order chi connectivity index (χ1) is 17.9. The molecular formula is C28H28ClN5O2S. The first-order valence-corrected chi connectivity index (χ1v) is 13.7. The van der Waals surface area contributed by atoms with E-state index in [1.807, 2.05) is 55.6 Å². The van der Waals surface area contributed by atoms with Gasteiger partial charge in [-0.3, -0.25) is 9.78 Å². The van der Waals surface area contributed by atoms with Crippen molar-refractivity contribution >= 4 is 46.0 Å². The first-order valence-electron chi connectivity index (χ1n) is 12.1. The average Bonchev–Trinajstić information content (AvgIpc) is 2.92. The van der Waals surface area contributed by atoms with Gasteiger partial charge in [0.1, 0.15) is 5.82 Å². The molecule has 0 saturated carbocycles. The summed E-state index contributed by atoms with van der Waals surface area (Å²) in [4.78, 5) is 30.3. The number of carbonyl (C=O) groups is 1. The van der Waals surface area contributed by atoms with Crippen molar-refractivity contribution < 1.29 is 9.53 Å². The third kappa shape index (κ3) is 5.71. The molecule has 9 heteroatoms. The minimum absolute atomic E-state index is 0.181. The Labute approximate surface area is 225 Å². The second-order valence-electron chi connectivity index (χ2n) is 9.04. The van der Waals surface area contributed by atoms with E-state index in [0.717, 1.165) is 57.4 Å². The van der Waals surface area contributed by atoms with Crippen molar-refractivity contribution in [3.05, 3.63) is 76.6 Å². The predicted molar refractivity (Wildman–Crippen MR) is 150 cm³/mol. The summed E-state index contributed by atoms with van der Waals surface area (Å²) in [5, 5.41) is 4.45. The van der Waals surface area contributed by atoms with Crippen LogP contribution < -0.4 is 10.2 Å². The molecule has 5 rings (SSSR count). The Kier molecular flexibility index (Phi) is 7.60. The van der Waals surface area contributed by atoms with Crippen molar-refractivity contribution in [2.45, 2.75) is 31.4 Å². The minimum Gasteiger partial charge on any atom is -0.375 e. The van der Waals surface area contributed by atoms with Gasteiger partial charge in [0, 0.05) is 40.2 Å². The smallest absolute Gasteiger partial charge is 0.251 e. The fraction of sp³-hybridized carbons (Fsp3) is 0.286. The van der Waals surface area contributed by atoms with Gasteiger partial charge in [0.15, 0.2) is 0 Å². The molecule has 1 N–H and O–H groups in total. The average molecular weight is 534 g/mol. The molecule has 0 aliphatic carbocycles. The maximum atomic E-state index is 12.8. The van der Waals surface area contributed by atoms with E-state index < -0.39 is 0 Å². The number of fused-ring (bicyclic) bond motifs is 1. The number of aromatic nitrogens is 3. The molecule has 7 nitrogen and oxygen atoms in total. The van der Waals surface area contributed by atoms with Gasteiger partial charge >= 0.3 is 0 Å². The van der Waals surface area contributed by atoms with E-state index in [9.17, 15) is 4.79 Å². The van der Waals surface area contributed by atoms with Crippen LogP contribution in [0.2, 0.25) is 5.02 Å². The van der Waals surface area contributed by atoms with Crippen LogP contribution >= 0.6 is 23.4 Å². The van der Waals surface area contributed by atoms with E-state index in [0.29, 0.717) is 17.2 Å². The summed E-state index contributed by atoms with van der Waals surface area (Å²) in [6.07, 6.45) is 3.93. The van der Waals surface area contributed by atoms with E-state index >= 15 is 0 Å². The number of morpholine rings is 1. The number of rotatable bonds is 6. The van der Waals surface area contributed by atoms with Crippen LogP contribution in [0.15, 0.2) is 59.6 Å². The van der Waals surface area contributed by atoms with Crippen LogP contribution in [0.25, 0.3) is 22.3 Å². The van der Waals surface area contributed by atoms with Crippen LogP contribution in [0.3, 0.4) is 0 Å². The van der Waals surface area contributed by atoms with Crippen LogP contribution in [0.4, 0.5) is 5.82 Å². The lowest BCUT2D eigenvalue weighted by Gasteiger charge is -2.32. The summed E-state index contributed by atoms with van der Waals surface area (Å²) in [7, 11) is 0. The molecule has 1 unspecified atom stereocenters. The molecule has 1 aliphatic rings. The van der Waals surface area contributed by atoms with Gasteiger partial charge in [-0.15, -0.1) is 11.8 Å². The third-order valence-electron chi connectivity index (χ3n) is 6.40. The van der Waals surface area contributed by atoms with E-state index in [2.05, 4.69) is 22.1 Å². The summed E-state index contributed by atoms with van der Waals surface area (Å²) >= 11 is 7.89. The SMILES string of the molecule is CSc1cc(C(=O)NCc2cc3nc(-c4cccc(N5CCOC(C)C5)n4)ccc3cn2)cc(Cl)c1C. The number of nitrogens with zero attached hydrogens (tertiary/aromatic N) is 4. The lowest BCUT2D eigenvalue weighted by molar-refractivity contribution is 0.0529. The lowest BCUT2D eigenvalue weighted by Crippen LogP contribution is -2.41. The van der Waals surface area contributed by atoms with Gasteiger partial charge in [-0.25, -0.2) is 9.97 Å². The molecule has 37 heavy (non-hydrogen) atoms. The van der Waals surface area contributed by atoms with Crippen molar-refractivity contribution in [2.24, 2.45) is 0 Å². The highest BCUT2D eigenvalue weighted by Crippen LogP contribution is 2.28. The Balaban J connectivity index is 1.34. The highest BCUT2D eigenvalue weighted by molar-refractivity contribution is 7.98. The maximum absolute atomic E-state index is 12.8. The monoisotopic (exact) mass is 533 g/mol. The Morgan fingerprint density at radius 2 is 2.03 bits per heavy atom. The van der Waals surface area contributed by atoms with Crippen molar-refractivity contribution in [1.82, 2.24) is 20.3 Å². The number of nitrogens with one attached hydrogen (secondary N) is 1. The van der Waals surface area contributed by atoms with Gasteiger partial charge in [-0.2, -0.15) is 0 Å². The molecule has 1 aliphatic heterocycles. The second-order valence-corrected chi connectivity index (χ2v) is 10.3. The van der Waals surface area contributed by atoms with Gasteiger partial charge in [-0.1, -0.05) is 17.7 Å². The van der Waals surface area contributed by atoms with Crippen molar-refractivity contribution in [3.63, 3.8) is 0 Å². The van der Waals surface area contributed by atoms with Gasteiger partial charge < -0.3 is 15.0 Å². The Bertz CT molecular complexity index is 1460. The molecule has 0 bridgehead atoms. The number of hydrogen-bond donors (Lipinski definition) is 1. The number of halogens is 1. The quantitative estimate of drug-likeness (QED) is 0.326. The highest BCUT2D eigenvalue weighted by Gasteiger charge is 2.18. The van der Waals surface area contributed by atoms with Crippen LogP contribution in [0.1, 0.15) is 28.5 Å². The number of amides is 1. The molecule has 1 atom stereocenters. The zero-order valence-electron chi connectivity index (χ0n) is 21.0. The van der Waals surface area contributed by atoms with Gasteiger partial charge in [-0.05, 0) is 68.1 Å². The third-order valence-corrected chi connectivity index (χ3v) is 7.66. The largest absolute Gasteiger partial charge is 0.375 e. The Morgan fingerprint density at radius 3 is 2.84 bits per heavy atom. The van der Waals surface area contributed by atoms with E-state index in [1.54, 1.807) is 24.0 Å². The van der Waals surface area contributed by atoms with Gasteiger partial charge in [0.2, 0.25) is 0 Å². The molecule has 0 radical (unpaired) electrons. The number of hydrogen-bond acceptors (Lipinski definition) is 7. The first kappa shape index (κ1) is 25.4. The lowest BCUT2D eigenvalue weighted by atomic mass is 10.1. The number of ether oxygens (including phenoxy) is 1. The topological polar surface area (TPSA) is 80.2 Å². The van der Waals surface area contributed by atoms with Crippen LogP contribution in [0.5, 0.6) is 0 Å². The fourth-order valence-electron chi connectivity index (χ4n) is 4.34. The molecule has 190 valence electrons. The van der Waals surface area contributed by atoms with Gasteiger partial charge in [0.05, 0.1) is 41.9 Å². The van der Waals surface area contributed by atoms with Crippen molar-refractivity contribution in [2.75, 3.05) is 30.9 Å². The van der Waals surface area contributed by atoms with E-state index in [-0.39, 0.29) is 18.6 Å². The predicted octanol–water partition coefficient (Wildman–Crippen LogP) is 5.53. The normalized spacial score (nSPS) is 15.7. The van der Waals surface area contributed by atoms with Crippen LogP contribution in [-0.4, -0.2) is 52.9 Å². The molecule has 0 spiro atoms. The fourth-order valence-corrected chi connectivity index (χ4v) is 5.27. The van der Waals surface area contributed by atoms with Gasteiger partial charge in [0.25, 0.3) is 5.91 Å². The minimum atomic E-state index is -0.195. The van der Waals surface area contributed by atoms with E-state index in [4.69, 9.17) is 26.3 Å². The summed E-state index contributed by atoms with van der Waals surface area (Å²) in [6, 6.07) is 15.4. The van der Waals surface area contributed by atoms with Crippen molar-refractivity contribution in [3.8, 4) is 11.4 Å². The van der Waals surface area contributed by atoms with Crippen LogP contribution in [0, 0.1) is 6.92 Å². The summed E-state index contributed by atoms with van der Waals surface area (Å²) in [6.45, 7) is 6.64. The zero-order chi connectivity index (χ0) is 25.9. The standard InChI is InChI=1S/C28H28ClN5O2S/c1-17-16-34(9-10-36-17)27-6-4-5-23(33-27)24-8-7-19-14-30-21(13-25(19)32-24)15-31-28(35)20-11-22(29)18(2)26(12-20)37-3/h4-8,11-14,17H,9-10,15-16H2,1-3H3,(H,31,35). The Morgan fingerprint density at radius 1 is 1.19 bits per heavy atom. The molecule has 1 fully saturated rings. The molecule has 1 amide bonds. The summed E-state index contributed by atoms with van der Waals surface area (Å²) in [5.74, 6) is 0.729. The molecule has 4 aromatic rings. The molecular weight excluding hydrogens is 506 g/mol. The number of benzene rings is 1. The second kappa shape index (κ2) is 11.0. The number of anilines is 1. The highest BCUT2D eigenvalue weighted by atomic mass is 35.5. The molecule has 4 heterocycles. The number of carbonyl (C=O) groups excluding carboxylic acids is 1. The number of thioether (sulfide) groups is 1. The number of pyridine rings is 3. The molecule has 1 aromatic carbocycles.